The predicted molar refractivity (Wildman–Crippen MR) is 81.7 cm³/mol. The average molecular weight is 281 g/mol. The molecule has 2 aromatic carbocycles. The summed E-state index contributed by atoms with van der Waals surface area (Å²) in [6.07, 6.45) is 3.50. The number of rotatable bonds is 4. The van der Waals surface area contributed by atoms with Crippen LogP contribution in [0.1, 0.15) is 5.56 Å². The molecular weight excluding hydrogens is 265 g/mol. The van der Waals surface area contributed by atoms with E-state index in [9.17, 15) is 4.39 Å². The summed E-state index contributed by atoms with van der Waals surface area (Å²) in [5, 5.41) is 3.14. The van der Waals surface area contributed by atoms with Gasteiger partial charge in [-0.15, -0.1) is 0 Å². The largest absolute Gasteiger partial charge is 0.316 e. The number of benzene rings is 2. The summed E-state index contributed by atoms with van der Waals surface area (Å²) in [7, 11) is 1.92. The third kappa shape index (κ3) is 2.85. The minimum Gasteiger partial charge on any atom is -0.316 e. The molecule has 0 amide bonds. The van der Waals surface area contributed by atoms with Crippen molar-refractivity contribution in [1.82, 2.24) is 14.9 Å². The number of imidazole rings is 1. The summed E-state index contributed by atoms with van der Waals surface area (Å²) in [5.74, 6) is -0.246. The van der Waals surface area contributed by atoms with Crippen molar-refractivity contribution in [3.63, 3.8) is 0 Å². The first kappa shape index (κ1) is 13.5. The monoisotopic (exact) mass is 281 g/mol. The Balaban J connectivity index is 2.05. The number of nitrogens with one attached hydrogen (secondary N) is 1. The zero-order chi connectivity index (χ0) is 14.7. The first-order valence-corrected chi connectivity index (χ1v) is 6.80. The molecule has 0 spiro atoms. The van der Waals surface area contributed by atoms with Gasteiger partial charge in [0.25, 0.3) is 0 Å². The Morgan fingerprint density at radius 3 is 2.81 bits per heavy atom. The Bertz CT molecular complexity index is 749. The van der Waals surface area contributed by atoms with Gasteiger partial charge in [0.2, 0.25) is 0 Å². The van der Waals surface area contributed by atoms with Gasteiger partial charge in [0.05, 0.1) is 18.2 Å². The zero-order valence-electron chi connectivity index (χ0n) is 11.8. The normalized spacial score (nSPS) is 10.8. The summed E-state index contributed by atoms with van der Waals surface area (Å²) in [6, 6.07) is 14.7. The lowest BCUT2D eigenvalue weighted by Gasteiger charge is -2.10. The number of nitrogens with zero attached hydrogens (tertiary/aromatic N) is 2. The molecule has 4 heteroatoms. The highest BCUT2D eigenvalue weighted by Crippen LogP contribution is 2.23. The van der Waals surface area contributed by atoms with Crippen molar-refractivity contribution in [2.75, 3.05) is 7.05 Å². The molecule has 0 unspecified atom stereocenters. The Kier molecular flexibility index (Phi) is 3.79. The highest BCUT2D eigenvalue weighted by atomic mass is 19.1. The maximum atomic E-state index is 13.4. The molecular formula is C17H16FN3. The van der Waals surface area contributed by atoms with Crippen LogP contribution in [0, 0.1) is 5.82 Å². The van der Waals surface area contributed by atoms with E-state index < -0.39 is 0 Å². The van der Waals surface area contributed by atoms with Crippen LogP contribution in [0.2, 0.25) is 0 Å². The van der Waals surface area contributed by atoms with E-state index in [-0.39, 0.29) is 5.82 Å². The number of hydrogen-bond donors (Lipinski definition) is 1. The molecule has 0 fully saturated rings. The summed E-state index contributed by atoms with van der Waals surface area (Å²) < 4.78 is 15.4. The summed E-state index contributed by atoms with van der Waals surface area (Å²) in [5.41, 5.74) is 3.89. The zero-order valence-corrected chi connectivity index (χ0v) is 11.8. The van der Waals surface area contributed by atoms with E-state index in [1.165, 1.54) is 17.7 Å². The lowest BCUT2D eigenvalue weighted by atomic mass is 10.1. The molecule has 3 rings (SSSR count). The van der Waals surface area contributed by atoms with Gasteiger partial charge >= 0.3 is 0 Å². The van der Waals surface area contributed by atoms with Gasteiger partial charge in [0.15, 0.2) is 0 Å². The number of aromatic nitrogens is 2. The minimum atomic E-state index is -0.246. The Morgan fingerprint density at radius 1 is 1.14 bits per heavy atom. The Labute approximate surface area is 123 Å². The van der Waals surface area contributed by atoms with E-state index in [0.29, 0.717) is 0 Å². The van der Waals surface area contributed by atoms with Crippen LogP contribution in [-0.2, 0) is 6.54 Å². The molecule has 0 aliphatic carbocycles. The van der Waals surface area contributed by atoms with E-state index in [0.717, 1.165) is 23.5 Å². The molecule has 1 heterocycles. The summed E-state index contributed by atoms with van der Waals surface area (Å²) >= 11 is 0. The molecule has 1 aromatic heterocycles. The van der Waals surface area contributed by atoms with Gasteiger partial charge in [0, 0.05) is 17.8 Å². The van der Waals surface area contributed by atoms with Crippen LogP contribution in [-0.4, -0.2) is 16.6 Å². The van der Waals surface area contributed by atoms with Crippen molar-refractivity contribution in [2.24, 2.45) is 0 Å². The molecule has 0 radical (unpaired) electrons. The lowest BCUT2D eigenvalue weighted by Crippen LogP contribution is -2.05. The molecule has 3 nitrogen and oxygen atoms in total. The molecule has 3 aromatic rings. The fourth-order valence-corrected chi connectivity index (χ4v) is 2.38. The van der Waals surface area contributed by atoms with Gasteiger partial charge in [0.1, 0.15) is 5.82 Å². The topological polar surface area (TPSA) is 29.9 Å². The second-order valence-electron chi connectivity index (χ2n) is 4.86. The van der Waals surface area contributed by atoms with Crippen LogP contribution >= 0.6 is 0 Å². The Hall–Kier alpha value is -2.46. The van der Waals surface area contributed by atoms with Crippen molar-refractivity contribution >= 4 is 0 Å². The van der Waals surface area contributed by atoms with E-state index in [4.69, 9.17) is 0 Å². The van der Waals surface area contributed by atoms with E-state index >= 15 is 0 Å². The number of hydrogen-bond acceptors (Lipinski definition) is 2. The molecule has 0 aliphatic heterocycles. The van der Waals surface area contributed by atoms with Gasteiger partial charge in [-0.2, -0.15) is 0 Å². The van der Waals surface area contributed by atoms with Crippen LogP contribution in [0.5, 0.6) is 0 Å². The van der Waals surface area contributed by atoms with Gasteiger partial charge in [-0.3, -0.25) is 4.57 Å². The minimum absolute atomic E-state index is 0.246. The van der Waals surface area contributed by atoms with Gasteiger partial charge in [-0.1, -0.05) is 24.3 Å². The van der Waals surface area contributed by atoms with Crippen LogP contribution in [0.3, 0.4) is 0 Å². The van der Waals surface area contributed by atoms with E-state index in [1.54, 1.807) is 18.6 Å². The average Bonchev–Trinajstić information content (AvgIpc) is 2.97. The second-order valence-corrected chi connectivity index (χ2v) is 4.86. The molecule has 0 saturated heterocycles. The van der Waals surface area contributed by atoms with Crippen LogP contribution < -0.4 is 5.32 Å². The lowest BCUT2D eigenvalue weighted by molar-refractivity contribution is 0.628. The van der Waals surface area contributed by atoms with Crippen molar-refractivity contribution in [3.8, 4) is 16.9 Å². The molecule has 1 N–H and O–H groups in total. The summed E-state index contributed by atoms with van der Waals surface area (Å²) in [4.78, 5) is 4.21. The van der Waals surface area contributed by atoms with E-state index in [1.807, 2.05) is 29.8 Å². The molecule has 106 valence electrons. The van der Waals surface area contributed by atoms with Gasteiger partial charge < -0.3 is 5.32 Å². The predicted octanol–water partition coefficient (Wildman–Crippen LogP) is 3.40. The van der Waals surface area contributed by atoms with Crippen LogP contribution in [0.25, 0.3) is 16.9 Å². The van der Waals surface area contributed by atoms with Crippen molar-refractivity contribution < 1.29 is 4.39 Å². The first-order valence-electron chi connectivity index (χ1n) is 6.80. The maximum Gasteiger partial charge on any atom is 0.123 e. The second kappa shape index (κ2) is 5.89. The SMILES string of the molecule is CNCc1cccc(-n2cncc2-c2cccc(F)c2)c1. The summed E-state index contributed by atoms with van der Waals surface area (Å²) in [6.45, 7) is 0.803. The smallest absolute Gasteiger partial charge is 0.123 e. The molecule has 0 bridgehead atoms. The van der Waals surface area contributed by atoms with Gasteiger partial charge in [-0.05, 0) is 36.9 Å². The van der Waals surface area contributed by atoms with Crippen molar-refractivity contribution in [1.29, 1.82) is 0 Å². The fraction of sp³-hybridized carbons (Fsp3) is 0.118. The van der Waals surface area contributed by atoms with Crippen LogP contribution in [0.4, 0.5) is 4.39 Å². The third-order valence-corrected chi connectivity index (χ3v) is 3.33. The highest BCUT2D eigenvalue weighted by Gasteiger charge is 2.08. The molecule has 0 aliphatic rings. The first-order chi connectivity index (χ1) is 10.3. The van der Waals surface area contributed by atoms with Crippen molar-refractivity contribution in [2.45, 2.75) is 6.54 Å². The third-order valence-electron chi connectivity index (χ3n) is 3.33. The highest BCUT2D eigenvalue weighted by molar-refractivity contribution is 5.61. The molecule has 0 saturated carbocycles. The quantitative estimate of drug-likeness (QED) is 0.794. The Morgan fingerprint density at radius 2 is 2.00 bits per heavy atom. The van der Waals surface area contributed by atoms with E-state index in [2.05, 4.69) is 22.4 Å². The maximum absolute atomic E-state index is 13.4. The molecule has 21 heavy (non-hydrogen) atoms. The fourth-order valence-electron chi connectivity index (χ4n) is 2.38. The van der Waals surface area contributed by atoms with Crippen LogP contribution in [0.15, 0.2) is 61.1 Å². The van der Waals surface area contributed by atoms with Crippen molar-refractivity contribution in [3.05, 3.63) is 72.4 Å². The number of halogens is 1. The standard InChI is InChI=1S/C17H16FN3/c1-19-10-13-4-2-7-16(8-13)21-12-20-11-17(21)14-5-3-6-15(18)9-14/h2-9,11-12,19H,10H2,1H3. The van der Waals surface area contributed by atoms with Gasteiger partial charge in [-0.25, -0.2) is 9.37 Å². The molecule has 0 atom stereocenters.